The van der Waals surface area contributed by atoms with Gasteiger partial charge in [-0.25, -0.2) is 13.2 Å². The van der Waals surface area contributed by atoms with Crippen LogP contribution in [0.15, 0.2) is 36.7 Å². The molecular weight excluding hydrogens is 411 g/mol. The van der Waals surface area contributed by atoms with E-state index in [1.54, 1.807) is 11.0 Å². The molecule has 31 heavy (non-hydrogen) atoms. The van der Waals surface area contributed by atoms with Gasteiger partial charge in [-0.05, 0) is 30.2 Å². The predicted molar refractivity (Wildman–Crippen MR) is 107 cm³/mol. The second kappa shape index (κ2) is 8.37. The van der Waals surface area contributed by atoms with Crippen molar-refractivity contribution in [3.05, 3.63) is 48.0 Å². The molecule has 10 heteroatoms. The van der Waals surface area contributed by atoms with Gasteiger partial charge in [-0.15, -0.1) is 0 Å². The molecular formula is C21H20F3N5O2. The minimum atomic E-state index is -2.93. The van der Waals surface area contributed by atoms with E-state index >= 15 is 0 Å². The number of likely N-dealkylation sites (tertiary alicyclic amines) is 1. The minimum Gasteiger partial charge on any atom is -0.352 e. The van der Waals surface area contributed by atoms with Gasteiger partial charge < -0.3 is 10.2 Å². The number of halogens is 3. The zero-order valence-electron chi connectivity index (χ0n) is 16.7. The lowest BCUT2D eigenvalue weighted by atomic mass is 10.0. The maximum Gasteiger partial charge on any atom is 0.266 e. The Bertz CT molecular complexity index is 1150. The molecule has 0 bridgehead atoms. The molecule has 1 aliphatic rings. The molecule has 3 aromatic rings. The van der Waals surface area contributed by atoms with Crippen molar-refractivity contribution in [1.82, 2.24) is 25.0 Å². The lowest BCUT2D eigenvalue weighted by Gasteiger charge is -2.17. The normalized spacial score (nSPS) is 16.3. The Hall–Kier alpha value is -3.43. The first-order valence-corrected chi connectivity index (χ1v) is 9.76. The number of carbonyl (C=O) groups excluding carboxylic acids is 2. The van der Waals surface area contributed by atoms with Crippen LogP contribution in [0.25, 0.3) is 22.2 Å². The van der Waals surface area contributed by atoms with Gasteiger partial charge in [-0.1, -0.05) is 6.07 Å². The predicted octanol–water partition coefficient (Wildman–Crippen LogP) is 2.91. The molecule has 0 unspecified atom stereocenters. The van der Waals surface area contributed by atoms with Crippen molar-refractivity contribution in [1.29, 1.82) is 0 Å². The van der Waals surface area contributed by atoms with Crippen molar-refractivity contribution in [2.24, 2.45) is 0 Å². The number of aromatic nitrogens is 3. The molecule has 1 fully saturated rings. The van der Waals surface area contributed by atoms with E-state index in [0.29, 0.717) is 41.7 Å². The minimum absolute atomic E-state index is 0.0207. The molecule has 4 rings (SSSR count). The van der Waals surface area contributed by atoms with Crippen molar-refractivity contribution >= 4 is 22.8 Å². The molecule has 162 valence electrons. The first kappa shape index (κ1) is 20.8. The quantitative estimate of drug-likeness (QED) is 0.674. The van der Waals surface area contributed by atoms with Gasteiger partial charge in [0.1, 0.15) is 17.9 Å². The largest absolute Gasteiger partial charge is 0.352 e. The van der Waals surface area contributed by atoms with Crippen LogP contribution in [0.1, 0.15) is 25.3 Å². The third-order valence-corrected chi connectivity index (χ3v) is 5.29. The van der Waals surface area contributed by atoms with Crippen molar-refractivity contribution < 1.29 is 22.8 Å². The van der Waals surface area contributed by atoms with E-state index in [9.17, 15) is 22.8 Å². The summed E-state index contributed by atoms with van der Waals surface area (Å²) in [6, 6.07) is 5.13. The third kappa shape index (κ3) is 4.37. The molecule has 1 aromatic carbocycles. The number of amides is 2. The number of hydrogen-bond acceptors (Lipinski definition) is 4. The van der Waals surface area contributed by atoms with E-state index in [1.165, 1.54) is 30.1 Å². The Morgan fingerprint density at radius 1 is 1.23 bits per heavy atom. The number of fused-ring (bicyclic) bond motifs is 1. The van der Waals surface area contributed by atoms with Crippen LogP contribution in [0.5, 0.6) is 0 Å². The second-order valence-electron chi connectivity index (χ2n) is 7.49. The van der Waals surface area contributed by atoms with E-state index in [4.69, 9.17) is 0 Å². The van der Waals surface area contributed by atoms with Crippen molar-refractivity contribution in [3.8, 4) is 11.1 Å². The van der Waals surface area contributed by atoms with E-state index in [-0.39, 0.29) is 24.4 Å². The number of pyridine rings is 1. The fraction of sp³-hybridized carbons (Fsp3) is 0.333. The zero-order chi connectivity index (χ0) is 22.1. The summed E-state index contributed by atoms with van der Waals surface area (Å²) in [6.45, 7) is 2.40. The van der Waals surface area contributed by atoms with Crippen LogP contribution in [0.3, 0.4) is 0 Å². The van der Waals surface area contributed by atoms with E-state index < -0.39 is 17.8 Å². The number of benzene rings is 1. The molecule has 2 amide bonds. The highest BCUT2D eigenvalue weighted by molar-refractivity contribution is 5.83. The molecule has 0 spiro atoms. The highest BCUT2D eigenvalue weighted by Crippen LogP contribution is 2.29. The fourth-order valence-electron chi connectivity index (χ4n) is 3.75. The molecule has 1 atom stereocenters. The molecule has 1 N–H and O–H groups in total. The fourth-order valence-corrected chi connectivity index (χ4v) is 3.75. The highest BCUT2D eigenvalue weighted by atomic mass is 19.3. The van der Waals surface area contributed by atoms with Gasteiger partial charge in [-0.3, -0.25) is 19.3 Å². The average Bonchev–Trinajstić information content (AvgIpc) is 3.34. The Morgan fingerprint density at radius 3 is 2.77 bits per heavy atom. The summed E-state index contributed by atoms with van der Waals surface area (Å²) < 4.78 is 41.2. The van der Waals surface area contributed by atoms with Crippen molar-refractivity contribution in [2.75, 3.05) is 13.1 Å². The van der Waals surface area contributed by atoms with Gasteiger partial charge in [0.25, 0.3) is 6.43 Å². The second-order valence-corrected chi connectivity index (χ2v) is 7.49. The van der Waals surface area contributed by atoms with Crippen LogP contribution < -0.4 is 5.32 Å². The van der Waals surface area contributed by atoms with E-state index in [1.807, 2.05) is 0 Å². The Kier molecular flexibility index (Phi) is 5.62. The van der Waals surface area contributed by atoms with Gasteiger partial charge in [0, 0.05) is 37.8 Å². The average molecular weight is 431 g/mol. The van der Waals surface area contributed by atoms with Crippen LogP contribution in [-0.2, 0) is 16.1 Å². The van der Waals surface area contributed by atoms with Gasteiger partial charge in [0.15, 0.2) is 0 Å². The SMILES string of the molecule is CC(=O)N[C@@H]1CCN(C(=O)Cn2ncc3ncc(-c4ccc(F)c(C(F)F)c4)cc32)C1. The number of rotatable bonds is 5. The Balaban J connectivity index is 1.56. The lowest BCUT2D eigenvalue weighted by molar-refractivity contribution is -0.131. The highest BCUT2D eigenvalue weighted by Gasteiger charge is 2.27. The Morgan fingerprint density at radius 2 is 2.03 bits per heavy atom. The summed E-state index contributed by atoms with van der Waals surface area (Å²) in [7, 11) is 0. The topological polar surface area (TPSA) is 80.1 Å². The van der Waals surface area contributed by atoms with Gasteiger partial charge in [0.05, 0.1) is 17.3 Å². The van der Waals surface area contributed by atoms with Crippen LogP contribution in [0.4, 0.5) is 13.2 Å². The van der Waals surface area contributed by atoms with Crippen LogP contribution in [0.2, 0.25) is 0 Å². The number of hydrogen-bond donors (Lipinski definition) is 1. The molecule has 2 aromatic heterocycles. The molecule has 0 saturated carbocycles. The van der Waals surface area contributed by atoms with Crippen LogP contribution in [0, 0.1) is 5.82 Å². The Labute approximate surface area is 175 Å². The number of alkyl halides is 2. The van der Waals surface area contributed by atoms with Gasteiger partial charge >= 0.3 is 0 Å². The third-order valence-electron chi connectivity index (χ3n) is 5.29. The first-order chi connectivity index (χ1) is 14.8. The van der Waals surface area contributed by atoms with Crippen LogP contribution >= 0.6 is 0 Å². The molecule has 1 aliphatic heterocycles. The van der Waals surface area contributed by atoms with Crippen molar-refractivity contribution in [2.45, 2.75) is 32.4 Å². The van der Waals surface area contributed by atoms with Crippen molar-refractivity contribution in [3.63, 3.8) is 0 Å². The zero-order valence-corrected chi connectivity index (χ0v) is 16.7. The summed E-state index contributed by atoms with van der Waals surface area (Å²) in [4.78, 5) is 29.9. The standard InChI is InChI=1S/C21H20F3N5O2/c1-12(30)27-15-4-5-28(10-15)20(31)11-29-19-7-14(8-25-18(19)9-26-29)13-2-3-17(22)16(6-13)21(23)24/h2-3,6-9,15,21H,4-5,10-11H2,1H3,(H,27,30)/t15-/m1/s1. The summed E-state index contributed by atoms with van der Waals surface area (Å²) in [5.41, 5.74) is 1.33. The number of nitrogens with zero attached hydrogens (tertiary/aromatic N) is 4. The van der Waals surface area contributed by atoms with E-state index in [2.05, 4.69) is 15.4 Å². The number of nitrogens with one attached hydrogen (secondary N) is 1. The lowest BCUT2D eigenvalue weighted by Crippen LogP contribution is -2.38. The van der Waals surface area contributed by atoms with Gasteiger partial charge in [0.2, 0.25) is 11.8 Å². The number of carbonyl (C=O) groups is 2. The molecule has 1 saturated heterocycles. The smallest absolute Gasteiger partial charge is 0.266 e. The van der Waals surface area contributed by atoms with Crippen LogP contribution in [-0.4, -0.2) is 50.6 Å². The summed E-state index contributed by atoms with van der Waals surface area (Å²) >= 11 is 0. The summed E-state index contributed by atoms with van der Waals surface area (Å²) in [5.74, 6) is -1.25. The molecule has 7 nitrogen and oxygen atoms in total. The van der Waals surface area contributed by atoms with E-state index in [0.717, 1.165) is 12.1 Å². The summed E-state index contributed by atoms with van der Waals surface area (Å²) in [6.07, 6.45) is 0.776. The first-order valence-electron chi connectivity index (χ1n) is 9.76. The molecule has 0 radical (unpaired) electrons. The maximum absolute atomic E-state index is 13.6. The molecule has 3 heterocycles. The monoisotopic (exact) mass is 431 g/mol. The summed E-state index contributed by atoms with van der Waals surface area (Å²) in [5, 5.41) is 7.04. The molecule has 0 aliphatic carbocycles. The van der Waals surface area contributed by atoms with Gasteiger partial charge in [-0.2, -0.15) is 5.10 Å². The maximum atomic E-state index is 13.6.